The van der Waals surface area contributed by atoms with E-state index in [1.807, 2.05) is 25.1 Å². The monoisotopic (exact) mass is 385 g/mol. The van der Waals surface area contributed by atoms with Crippen molar-refractivity contribution in [1.29, 1.82) is 0 Å². The standard InChI is InChI=1S/C21H15NO3S.Na.H/c1-11-6-7-14(17(26)10-11)22-15-8-9-16(23)19-18(15)20(24)12-4-2-3-5-13(12)21(19)25;;/h2-10,22-23,26H,1H3;;. The molecule has 0 amide bonds. The number of carbonyl (C=O) groups is 2. The average molecular weight is 385 g/mol. The van der Waals surface area contributed by atoms with Crippen LogP contribution in [0.4, 0.5) is 11.4 Å². The summed E-state index contributed by atoms with van der Waals surface area (Å²) in [5, 5.41) is 13.4. The van der Waals surface area contributed by atoms with E-state index in [1.54, 1.807) is 30.3 Å². The molecule has 0 spiro atoms. The van der Waals surface area contributed by atoms with E-state index in [1.165, 1.54) is 6.07 Å². The van der Waals surface area contributed by atoms with E-state index in [0.717, 1.165) is 10.5 Å². The average Bonchev–Trinajstić information content (AvgIpc) is 2.63. The van der Waals surface area contributed by atoms with Gasteiger partial charge in [0.15, 0.2) is 11.6 Å². The van der Waals surface area contributed by atoms with Crippen LogP contribution in [-0.2, 0) is 0 Å². The van der Waals surface area contributed by atoms with E-state index < -0.39 is 0 Å². The Kier molecular flexibility index (Phi) is 5.49. The zero-order chi connectivity index (χ0) is 18.4. The van der Waals surface area contributed by atoms with Crippen LogP contribution in [0.5, 0.6) is 5.75 Å². The van der Waals surface area contributed by atoms with E-state index >= 15 is 0 Å². The maximum absolute atomic E-state index is 13.0. The molecule has 0 saturated carbocycles. The minimum atomic E-state index is -0.355. The van der Waals surface area contributed by atoms with Gasteiger partial charge in [-0.25, -0.2) is 0 Å². The molecule has 4 nitrogen and oxygen atoms in total. The summed E-state index contributed by atoms with van der Waals surface area (Å²) in [7, 11) is 0. The number of benzene rings is 3. The molecule has 0 unspecified atom stereocenters. The molecule has 6 heteroatoms. The van der Waals surface area contributed by atoms with Gasteiger partial charge in [-0.2, -0.15) is 0 Å². The van der Waals surface area contributed by atoms with Crippen LogP contribution >= 0.6 is 12.6 Å². The number of phenolic OH excluding ortho intramolecular Hbond substituents is 1. The number of hydrogen-bond acceptors (Lipinski definition) is 5. The van der Waals surface area contributed by atoms with Crippen molar-refractivity contribution in [3.63, 3.8) is 0 Å². The second-order valence-corrected chi connectivity index (χ2v) is 6.71. The first-order valence-corrected chi connectivity index (χ1v) is 8.53. The third-order valence-corrected chi connectivity index (χ3v) is 4.85. The van der Waals surface area contributed by atoms with Gasteiger partial charge in [0.25, 0.3) is 0 Å². The zero-order valence-electron chi connectivity index (χ0n) is 13.9. The van der Waals surface area contributed by atoms with Crippen LogP contribution in [0.2, 0.25) is 0 Å². The Hall–Kier alpha value is -2.05. The van der Waals surface area contributed by atoms with Crippen LogP contribution in [0.3, 0.4) is 0 Å². The number of nitrogens with one attached hydrogen (secondary N) is 1. The van der Waals surface area contributed by atoms with E-state index in [-0.39, 0.29) is 58.0 Å². The molecule has 2 N–H and O–H groups in total. The normalized spacial score (nSPS) is 12.1. The second-order valence-electron chi connectivity index (χ2n) is 6.23. The van der Waals surface area contributed by atoms with Crippen molar-refractivity contribution in [3.8, 4) is 5.75 Å². The number of phenols is 1. The molecule has 1 aliphatic rings. The van der Waals surface area contributed by atoms with Crippen molar-refractivity contribution in [3.05, 3.63) is 82.4 Å². The summed E-state index contributed by atoms with van der Waals surface area (Å²) in [5.74, 6) is -0.846. The predicted octanol–water partition coefficient (Wildman–Crippen LogP) is 3.86. The molecule has 0 radical (unpaired) electrons. The van der Waals surface area contributed by atoms with Gasteiger partial charge in [-0.3, -0.25) is 9.59 Å². The van der Waals surface area contributed by atoms with Gasteiger partial charge >= 0.3 is 29.6 Å². The van der Waals surface area contributed by atoms with Gasteiger partial charge in [-0.1, -0.05) is 30.3 Å². The first-order valence-electron chi connectivity index (χ1n) is 8.08. The SMILES string of the molecule is Cc1ccc(Nc2ccc(O)c3c2C(=O)c2ccccc2C3=O)c(S)c1.[NaH]. The molecule has 3 aromatic carbocycles. The third-order valence-electron chi connectivity index (χ3n) is 4.48. The fraction of sp³-hybridized carbons (Fsp3) is 0.0476. The van der Waals surface area contributed by atoms with Crippen molar-refractivity contribution in [1.82, 2.24) is 0 Å². The molecular formula is C21H16NNaO3S. The molecule has 130 valence electrons. The van der Waals surface area contributed by atoms with E-state index in [4.69, 9.17) is 0 Å². The Balaban J connectivity index is 0.00000210. The summed E-state index contributed by atoms with van der Waals surface area (Å²) < 4.78 is 0. The van der Waals surface area contributed by atoms with Gasteiger partial charge < -0.3 is 10.4 Å². The molecule has 0 fully saturated rings. The summed E-state index contributed by atoms with van der Waals surface area (Å²) >= 11 is 4.47. The van der Waals surface area contributed by atoms with Crippen molar-refractivity contribution >= 4 is 65.1 Å². The van der Waals surface area contributed by atoms with Crippen molar-refractivity contribution in [2.45, 2.75) is 11.8 Å². The van der Waals surface area contributed by atoms with E-state index in [2.05, 4.69) is 17.9 Å². The molecule has 0 aromatic heterocycles. The summed E-state index contributed by atoms with van der Waals surface area (Å²) in [5.41, 5.74) is 3.11. The quantitative estimate of drug-likeness (QED) is 0.279. The fourth-order valence-electron chi connectivity index (χ4n) is 3.20. The molecule has 3 aromatic rings. The van der Waals surface area contributed by atoms with E-state index in [0.29, 0.717) is 22.5 Å². The maximum atomic E-state index is 13.0. The number of thiol groups is 1. The van der Waals surface area contributed by atoms with Crippen molar-refractivity contribution < 1.29 is 14.7 Å². The summed E-state index contributed by atoms with van der Waals surface area (Å²) in [6, 6.07) is 15.4. The van der Waals surface area contributed by atoms with Gasteiger partial charge in [-0.15, -0.1) is 12.6 Å². The number of aromatic hydroxyl groups is 1. The fourth-order valence-corrected chi connectivity index (χ4v) is 3.54. The Morgan fingerprint density at radius 1 is 0.852 bits per heavy atom. The summed E-state index contributed by atoms with van der Waals surface area (Å²) in [4.78, 5) is 26.6. The predicted molar refractivity (Wildman–Crippen MR) is 110 cm³/mol. The second kappa shape index (κ2) is 7.52. The first-order chi connectivity index (χ1) is 12.5. The van der Waals surface area contributed by atoms with Crippen LogP contribution in [-0.4, -0.2) is 46.2 Å². The number of rotatable bonds is 2. The van der Waals surface area contributed by atoms with Crippen LogP contribution in [0.1, 0.15) is 37.4 Å². The van der Waals surface area contributed by atoms with Crippen LogP contribution in [0, 0.1) is 6.92 Å². The first kappa shape index (κ1) is 19.7. The van der Waals surface area contributed by atoms with Crippen LogP contribution in [0.15, 0.2) is 59.5 Å². The Morgan fingerprint density at radius 2 is 1.44 bits per heavy atom. The third kappa shape index (κ3) is 3.32. The summed E-state index contributed by atoms with van der Waals surface area (Å²) in [6.45, 7) is 1.96. The molecule has 27 heavy (non-hydrogen) atoms. The number of fused-ring (bicyclic) bond motifs is 2. The topological polar surface area (TPSA) is 66.4 Å². The Labute approximate surface area is 184 Å². The number of anilines is 2. The van der Waals surface area contributed by atoms with Gasteiger partial charge in [-0.05, 0) is 36.8 Å². The van der Waals surface area contributed by atoms with Gasteiger partial charge in [0.2, 0.25) is 0 Å². The summed E-state index contributed by atoms with van der Waals surface area (Å²) in [6.07, 6.45) is 0. The molecule has 0 bridgehead atoms. The Bertz CT molecular complexity index is 1090. The minimum absolute atomic E-state index is 0. The number of carbonyl (C=O) groups excluding carboxylic acids is 2. The molecule has 0 aliphatic heterocycles. The molecule has 4 rings (SSSR count). The number of aryl methyl sites for hydroxylation is 1. The molecular weight excluding hydrogens is 369 g/mol. The van der Waals surface area contributed by atoms with Crippen LogP contribution in [0.25, 0.3) is 0 Å². The molecule has 0 heterocycles. The molecule has 0 atom stereocenters. The molecule has 0 saturated heterocycles. The van der Waals surface area contributed by atoms with Crippen LogP contribution < -0.4 is 5.32 Å². The van der Waals surface area contributed by atoms with Gasteiger partial charge in [0, 0.05) is 16.0 Å². The Morgan fingerprint density at radius 3 is 2.07 bits per heavy atom. The number of ketones is 2. The van der Waals surface area contributed by atoms with E-state index in [9.17, 15) is 14.7 Å². The molecule has 1 aliphatic carbocycles. The van der Waals surface area contributed by atoms with Gasteiger partial charge in [0.05, 0.1) is 22.5 Å². The number of hydrogen-bond donors (Lipinski definition) is 3. The van der Waals surface area contributed by atoms with Crippen molar-refractivity contribution in [2.24, 2.45) is 0 Å². The van der Waals surface area contributed by atoms with Crippen molar-refractivity contribution in [2.75, 3.05) is 5.32 Å². The van der Waals surface area contributed by atoms with Gasteiger partial charge in [0.1, 0.15) is 5.75 Å². The zero-order valence-corrected chi connectivity index (χ0v) is 14.8.